The minimum atomic E-state index is 0.0752. The van der Waals surface area contributed by atoms with Crippen molar-refractivity contribution in [1.29, 1.82) is 0 Å². The minimum absolute atomic E-state index is 0.0752. The van der Waals surface area contributed by atoms with E-state index in [-0.39, 0.29) is 11.7 Å². The first-order valence-electron chi connectivity index (χ1n) is 9.85. The number of hydrogen-bond acceptors (Lipinski definition) is 5. The van der Waals surface area contributed by atoms with Crippen molar-refractivity contribution in [2.24, 2.45) is 0 Å². The van der Waals surface area contributed by atoms with Crippen LogP contribution in [0.2, 0.25) is 5.02 Å². The molecule has 0 aliphatic rings. The van der Waals surface area contributed by atoms with Crippen LogP contribution in [0.5, 0.6) is 0 Å². The van der Waals surface area contributed by atoms with Crippen molar-refractivity contribution in [1.82, 2.24) is 4.98 Å². The van der Waals surface area contributed by atoms with Gasteiger partial charge in [0.1, 0.15) is 11.6 Å². The van der Waals surface area contributed by atoms with Gasteiger partial charge in [-0.15, -0.1) is 0 Å². The largest absolute Gasteiger partial charge is 0.399 e. The van der Waals surface area contributed by atoms with E-state index >= 15 is 0 Å². The van der Waals surface area contributed by atoms with E-state index in [0.717, 1.165) is 22.7 Å². The Kier molecular flexibility index (Phi) is 7.35. The van der Waals surface area contributed by atoms with Gasteiger partial charge in [-0.25, -0.2) is 4.98 Å². The maximum absolute atomic E-state index is 6.20. The summed E-state index contributed by atoms with van der Waals surface area (Å²) in [5.74, 6) is 0.751. The molecule has 0 aliphatic heterocycles. The van der Waals surface area contributed by atoms with Gasteiger partial charge in [0, 0.05) is 16.6 Å². The van der Waals surface area contributed by atoms with Gasteiger partial charge in [-0.05, 0) is 53.4 Å². The molecule has 31 heavy (non-hydrogen) atoms. The Labute approximate surface area is 187 Å². The first kappa shape index (κ1) is 22.0. The lowest BCUT2D eigenvalue weighted by Crippen LogP contribution is -2.12. The van der Waals surface area contributed by atoms with Crippen molar-refractivity contribution in [3.05, 3.63) is 113 Å². The molecular formula is C25H26ClN5. The number of aromatic nitrogens is 1. The fraction of sp³-hybridized carbons (Fsp3) is 0.0800. The van der Waals surface area contributed by atoms with E-state index in [4.69, 9.17) is 34.5 Å². The van der Waals surface area contributed by atoms with Crippen LogP contribution in [0.4, 0.5) is 23.0 Å². The number of anilines is 4. The summed E-state index contributed by atoms with van der Waals surface area (Å²) in [6.45, 7) is 0. The first-order chi connectivity index (χ1) is 14.9. The molecule has 1 unspecified atom stereocenters. The van der Waals surface area contributed by atoms with Crippen LogP contribution in [0.15, 0.2) is 91.0 Å². The van der Waals surface area contributed by atoms with Crippen molar-refractivity contribution in [2.75, 3.05) is 22.9 Å². The number of halogens is 1. The van der Waals surface area contributed by atoms with Gasteiger partial charge in [0.25, 0.3) is 0 Å². The highest BCUT2D eigenvalue weighted by atomic mass is 35.5. The van der Waals surface area contributed by atoms with Crippen LogP contribution >= 0.6 is 11.6 Å². The number of nitrogens with zero attached hydrogens (tertiary/aromatic N) is 1. The maximum Gasteiger partial charge on any atom is 0.149 e. The zero-order valence-electron chi connectivity index (χ0n) is 17.1. The number of hydrogen-bond donors (Lipinski definition) is 4. The molecule has 1 atom stereocenters. The molecule has 0 fully saturated rings. The Morgan fingerprint density at radius 3 is 1.90 bits per heavy atom. The Morgan fingerprint density at radius 2 is 1.32 bits per heavy atom. The van der Waals surface area contributed by atoms with Gasteiger partial charge < -0.3 is 22.9 Å². The van der Waals surface area contributed by atoms with Crippen molar-refractivity contribution in [3.8, 4) is 0 Å². The summed E-state index contributed by atoms with van der Waals surface area (Å²) in [6.07, 6.45) is 0.817. The quantitative estimate of drug-likeness (QED) is 0.334. The van der Waals surface area contributed by atoms with E-state index in [2.05, 4.69) is 29.2 Å². The molecule has 0 saturated carbocycles. The molecule has 3 aromatic carbocycles. The normalized spacial score (nSPS) is 11.3. The second kappa shape index (κ2) is 10.4. The van der Waals surface area contributed by atoms with Gasteiger partial charge in [-0.3, -0.25) is 0 Å². The molecular weight excluding hydrogens is 406 g/mol. The zero-order chi connectivity index (χ0) is 22.2. The summed E-state index contributed by atoms with van der Waals surface area (Å²) in [5.41, 5.74) is 27.9. The number of nitrogens with two attached hydrogens (primary N) is 4. The highest BCUT2D eigenvalue weighted by Crippen LogP contribution is 2.35. The van der Waals surface area contributed by atoms with Crippen LogP contribution in [0, 0.1) is 0 Å². The predicted octanol–water partition coefficient (Wildman–Crippen LogP) is 5.13. The third kappa shape index (κ3) is 6.14. The van der Waals surface area contributed by atoms with E-state index in [1.807, 2.05) is 42.5 Å². The van der Waals surface area contributed by atoms with Crippen LogP contribution < -0.4 is 22.9 Å². The molecule has 0 spiro atoms. The van der Waals surface area contributed by atoms with Crippen LogP contribution in [-0.4, -0.2) is 4.98 Å². The summed E-state index contributed by atoms with van der Waals surface area (Å²) in [6, 6.07) is 29.4. The van der Waals surface area contributed by atoms with Gasteiger partial charge in [0.05, 0.1) is 5.69 Å². The predicted molar refractivity (Wildman–Crippen MR) is 132 cm³/mol. The second-order valence-corrected chi connectivity index (χ2v) is 7.58. The van der Waals surface area contributed by atoms with Crippen LogP contribution in [0.1, 0.15) is 22.6 Å². The smallest absolute Gasteiger partial charge is 0.149 e. The number of nitrogen functional groups attached to an aromatic ring is 4. The lowest BCUT2D eigenvalue weighted by molar-refractivity contribution is 0.807. The third-order valence-corrected chi connectivity index (χ3v) is 5.12. The number of pyridine rings is 1. The van der Waals surface area contributed by atoms with E-state index in [1.165, 1.54) is 11.1 Å². The average molecular weight is 432 g/mol. The molecule has 0 radical (unpaired) electrons. The van der Waals surface area contributed by atoms with Gasteiger partial charge in [0.2, 0.25) is 0 Å². The van der Waals surface area contributed by atoms with Crippen molar-refractivity contribution in [3.63, 3.8) is 0 Å². The van der Waals surface area contributed by atoms with E-state index in [1.54, 1.807) is 24.3 Å². The SMILES string of the molecule is Nc1cc(C(Cc2ccccc2)c2ccccc2)c(N)c(N)n1.Nc1ccc(Cl)cc1. The molecule has 158 valence electrons. The standard InChI is InChI=1S/C19H20N4.C6H6ClN/c20-17-12-16(18(21)19(22)23-17)15(14-9-5-2-6-10-14)11-13-7-3-1-4-8-13;7-5-1-3-6(8)4-2-5/h1-10,12,15H,11,21H2,(H4,20,22,23);1-4H,8H2. The Morgan fingerprint density at radius 1 is 0.742 bits per heavy atom. The second-order valence-electron chi connectivity index (χ2n) is 7.14. The summed E-state index contributed by atoms with van der Waals surface area (Å²) >= 11 is 5.56. The lowest BCUT2D eigenvalue weighted by Gasteiger charge is -2.21. The number of rotatable bonds is 4. The van der Waals surface area contributed by atoms with Crippen LogP contribution in [0.25, 0.3) is 0 Å². The monoisotopic (exact) mass is 431 g/mol. The first-order valence-corrected chi connectivity index (χ1v) is 10.2. The number of benzene rings is 3. The van der Waals surface area contributed by atoms with Crippen molar-refractivity contribution < 1.29 is 0 Å². The van der Waals surface area contributed by atoms with Gasteiger partial charge in [0.15, 0.2) is 0 Å². The fourth-order valence-electron chi connectivity index (χ4n) is 3.31. The molecule has 1 aromatic heterocycles. The third-order valence-electron chi connectivity index (χ3n) is 4.87. The molecule has 0 aliphatic carbocycles. The zero-order valence-corrected chi connectivity index (χ0v) is 17.8. The molecule has 1 heterocycles. The average Bonchev–Trinajstić information content (AvgIpc) is 2.78. The highest BCUT2D eigenvalue weighted by Gasteiger charge is 2.20. The fourth-order valence-corrected chi connectivity index (χ4v) is 3.44. The molecule has 0 saturated heterocycles. The lowest BCUT2D eigenvalue weighted by atomic mass is 9.85. The Balaban J connectivity index is 0.000000287. The highest BCUT2D eigenvalue weighted by molar-refractivity contribution is 6.30. The molecule has 4 rings (SSSR count). The molecule has 6 heteroatoms. The molecule has 0 amide bonds. The Bertz CT molecular complexity index is 1080. The summed E-state index contributed by atoms with van der Waals surface area (Å²) < 4.78 is 0. The van der Waals surface area contributed by atoms with E-state index in [9.17, 15) is 0 Å². The van der Waals surface area contributed by atoms with Crippen molar-refractivity contribution >= 4 is 34.6 Å². The van der Waals surface area contributed by atoms with Crippen LogP contribution in [0.3, 0.4) is 0 Å². The summed E-state index contributed by atoms with van der Waals surface area (Å²) in [7, 11) is 0. The van der Waals surface area contributed by atoms with Crippen molar-refractivity contribution in [2.45, 2.75) is 12.3 Å². The maximum atomic E-state index is 6.20. The molecule has 0 bridgehead atoms. The summed E-state index contributed by atoms with van der Waals surface area (Å²) in [5, 5.41) is 0.721. The molecule has 4 aromatic rings. The van der Waals surface area contributed by atoms with E-state index in [0.29, 0.717) is 11.5 Å². The van der Waals surface area contributed by atoms with Gasteiger partial charge in [-0.1, -0.05) is 72.3 Å². The van der Waals surface area contributed by atoms with Crippen LogP contribution in [-0.2, 0) is 6.42 Å². The summed E-state index contributed by atoms with van der Waals surface area (Å²) in [4.78, 5) is 4.05. The molecule has 8 N–H and O–H groups in total. The topological polar surface area (TPSA) is 117 Å². The molecule has 5 nitrogen and oxygen atoms in total. The minimum Gasteiger partial charge on any atom is -0.399 e. The van der Waals surface area contributed by atoms with Gasteiger partial charge in [-0.2, -0.15) is 0 Å². The van der Waals surface area contributed by atoms with Gasteiger partial charge >= 0.3 is 0 Å². The Hall–Kier alpha value is -3.70. The van der Waals surface area contributed by atoms with E-state index < -0.39 is 0 Å².